The van der Waals surface area contributed by atoms with Gasteiger partial charge < -0.3 is 11.1 Å². The van der Waals surface area contributed by atoms with Crippen LogP contribution in [0, 0.1) is 0 Å². The monoisotopic (exact) mass is 388 g/mol. The van der Waals surface area contributed by atoms with E-state index in [4.69, 9.17) is 5.73 Å². The van der Waals surface area contributed by atoms with Crippen molar-refractivity contribution in [2.75, 3.05) is 6.54 Å². The lowest BCUT2D eigenvalue weighted by Crippen LogP contribution is -2.55. The van der Waals surface area contributed by atoms with Crippen LogP contribution in [0.3, 0.4) is 0 Å². The summed E-state index contributed by atoms with van der Waals surface area (Å²) in [4.78, 5) is 16.9. The molecule has 1 aliphatic rings. The molecule has 0 aromatic heterocycles. The molecule has 25 heavy (non-hydrogen) atoms. The molecular weight excluding hydrogens is 364 g/mol. The van der Waals surface area contributed by atoms with Crippen LogP contribution in [0.4, 0.5) is 0 Å². The highest BCUT2D eigenvalue weighted by Crippen LogP contribution is 2.22. The molecule has 0 spiro atoms. The van der Waals surface area contributed by atoms with Crippen LogP contribution in [0.25, 0.3) is 0 Å². The van der Waals surface area contributed by atoms with E-state index in [1.165, 1.54) is 6.07 Å². The Kier molecular flexibility index (Phi) is 6.99. The molecule has 4 N–H and O–H groups in total. The van der Waals surface area contributed by atoms with Gasteiger partial charge in [-0.15, -0.1) is 12.4 Å². The van der Waals surface area contributed by atoms with E-state index < -0.39 is 21.6 Å². The average molecular weight is 389 g/mol. The van der Waals surface area contributed by atoms with Gasteiger partial charge in [-0.05, 0) is 31.9 Å². The Balaban J connectivity index is 0.00000312. The Morgan fingerprint density at radius 1 is 1.32 bits per heavy atom. The Morgan fingerprint density at radius 2 is 1.92 bits per heavy atom. The Bertz CT molecular complexity index is 752. The summed E-state index contributed by atoms with van der Waals surface area (Å²) in [5, 5.41) is 2.95. The minimum atomic E-state index is -3.61. The van der Waals surface area contributed by atoms with Gasteiger partial charge in [-0.2, -0.15) is 0 Å². The zero-order valence-electron chi connectivity index (χ0n) is 14.6. The molecule has 0 radical (unpaired) electrons. The number of nitrogens with zero attached hydrogens (tertiary/aromatic N) is 1. The van der Waals surface area contributed by atoms with E-state index in [-0.39, 0.29) is 29.0 Å². The number of amides is 1. The molecule has 0 saturated carbocycles. The average Bonchev–Trinajstić information content (AvgIpc) is 2.83. The van der Waals surface area contributed by atoms with Crippen LogP contribution >= 0.6 is 12.4 Å². The number of amidine groups is 1. The molecule has 1 aliphatic heterocycles. The number of aliphatic imine (C=N–C) groups is 1. The molecule has 9 heteroatoms. The van der Waals surface area contributed by atoms with E-state index in [2.05, 4.69) is 15.0 Å². The highest BCUT2D eigenvalue weighted by atomic mass is 35.5. The summed E-state index contributed by atoms with van der Waals surface area (Å²) in [6.07, 6.45) is 1.43. The first kappa shape index (κ1) is 21.4. The summed E-state index contributed by atoms with van der Waals surface area (Å²) < 4.78 is 26.6. The van der Waals surface area contributed by atoms with E-state index in [0.717, 1.165) is 0 Å². The van der Waals surface area contributed by atoms with Crippen molar-refractivity contribution < 1.29 is 13.2 Å². The molecular formula is C16H25ClN4O3S. The maximum atomic E-state index is 12.4. The molecule has 140 valence electrons. The third kappa shape index (κ3) is 4.31. The second kappa shape index (κ2) is 8.16. The van der Waals surface area contributed by atoms with Crippen molar-refractivity contribution in [2.24, 2.45) is 10.7 Å². The zero-order valence-corrected chi connectivity index (χ0v) is 16.2. The van der Waals surface area contributed by atoms with Gasteiger partial charge in [-0.1, -0.05) is 26.0 Å². The first-order chi connectivity index (χ1) is 11.3. The topological polar surface area (TPSA) is 114 Å². The van der Waals surface area contributed by atoms with E-state index in [9.17, 15) is 13.2 Å². The van der Waals surface area contributed by atoms with Crippen LogP contribution in [0.2, 0.25) is 0 Å². The summed E-state index contributed by atoms with van der Waals surface area (Å²) in [5.74, 6) is -0.0835. The number of rotatable bonds is 6. The van der Waals surface area contributed by atoms with Crippen LogP contribution in [0.15, 0.2) is 34.2 Å². The van der Waals surface area contributed by atoms with E-state index >= 15 is 0 Å². The molecule has 7 nitrogen and oxygen atoms in total. The van der Waals surface area contributed by atoms with Crippen molar-refractivity contribution in [3.63, 3.8) is 0 Å². The zero-order chi connectivity index (χ0) is 18.0. The number of carbonyl (C=O) groups excluding carboxylic acids is 1. The number of nitrogens with one attached hydrogen (secondary N) is 2. The summed E-state index contributed by atoms with van der Waals surface area (Å²) in [5.41, 5.74) is 5.82. The summed E-state index contributed by atoms with van der Waals surface area (Å²) in [6, 6.07) is 5.82. The Hall–Kier alpha value is -1.64. The standard InChI is InChI=1S/C16H24N4O3S.ClH/c1-4-16(5-2,10-17)19-15(21)11(3)18-14-12-8-6-7-9-13(12)24(22,23)20-14;/h6-9,11H,4-5,10,17H2,1-3H3,(H,18,20)(H,19,21);1H. The molecule has 1 aromatic rings. The van der Waals surface area contributed by atoms with Gasteiger partial charge in [-0.25, -0.2) is 8.42 Å². The third-order valence-corrected chi connectivity index (χ3v) is 5.89. The Labute approximate surface area is 154 Å². The van der Waals surface area contributed by atoms with Crippen LogP contribution in [0.1, 0.15) is 39.2 Å². The number of hydrogen-bond donors (Lipinski definition) is 3. The lowest BCUT2D eigenvalue weighted by atomic mass is 9.92. The van der Waals surface area contributed by atoms with Gasteiger partial charge >= 0.3 is 0 Å². The van der Waals surface area contributed by atoms with Crippen molar-refractivity contribution >= 4 is 34.2 Å². The molecule has 0 fully saturated rings. The molecule has 0 saturated heterocycles. The molecule has 1 aromatic carbocycles. The number of benzene rings is 1. The number of hydrogen-bond acceptors (Lipinski definition) is 5. The SMILES string of the molecule is CCC(CC)(CN)NC(=O)C(C)N=C1NS(=O)(=O)c2ccccc21.Cl. The van der Waals surface area contributed by atoms with Gasteiger partial charge in [-0.3, -0.25) is 14.5 Å². The lowest BCUT2D eigenvalue weighted by molar-refractivity contribution is -0.123. The highest BCUT2D eigenvalue weighted by molar-refractivity contribution is 7.90. The largest absolute Gasteiger partial charge is 0.348 e. The van der Waals surface area contributed by atoms with E-state index in [0.29, 0.717) is 24.9 Å². The lowest BCUT2D eigenvalue weighted by Gasteiger charge is -2.32. The second-order valence-electron chi connectivity index (χ2n) is 5.94. The third-order valence-electron chi connectivity index (χ3n) is 4.50. The smallest absolute Gasteiger partial charge is 0.263 e. The van der Waals surface area contributed by atoms with Crippen molar-refractivity contribution in [3.05, 3.63) is 29.8 Å². The van der Waals surface area contributed by atoms with Gasteiger partial charge in [0.25, 0.3) is 10.0 Å². The minimum Gasteiger partial charge on any atom is -0.348 e. The Morgan fingerprint density at radius 3 is 2.48 bits per heavy atom. The predicted octanol–water partition coefficient (Wildman–Crippen LogP) is 1.17. The molecule has 1 atom stereocenters. The van der Waals surface area contributed by atoms with Crippen molar-refractivity contribution in [1.82, 2.24) is 10.0 Å². The summed E-state index contributed by atoms with van der Waals surface area (Å²) in [6.45, 7) is 5.90. The fraction of sp³-hybridized carbons (Fsp3) is 0.500. The van der Waals surface area contributed by atoms with Gasteiger partial charge in [0.05, 0.1) is 10.4 Å². The van der Waals surface area contributed by atoms with Crippen LogP contribution < -0.4 is 15.8 Å². The van der Waals surface area contributed by atoms with Crippen molar-refractivity contribution in [3.8, 4) is 0 Å². The van der Waals surface area contributed by atoms with E-state index in [1.807, 2.05) is 13.8 Å². The number of halogens is 1. The molecule has 0 bridgehead atoms. The number of fused-ring (bicyclic) bond motifs is 1. The molecule has 1 unspecified atom stereocenters. The molecule has 2 rings (SSSR count). The fourth-order valence-corrected chi connectivity index (χ4v) is 3.85. The second-order valence-corrected chi connectivity index (χ2v) is 7.59. The van der Waals surface area contributed by atoms with Crippen molar-refractivity contribution in [2.45, 2.75) is 50.1 Å². The number of nitrogens with two attached hydrogens (primary N) is 1. The van der Waals surface area contributed by atoms with Gasteiger partial charge in [0.1, 0.15) is 11.9 Å². The summed E-state index contributed by atoms with van der Waals surface area (Å²) >= 11 is 0. The van der Waals surface area contributed by atoms with Gasteiger partial charge in [0, 0.05) is 12.1 Å². The summed E-state index contributed by atoms with van der Waals surface area (Å²) in [7, 11) is -3.61. The molecule has 1 heterocycles. The van der Waals surface area contributed by atoms with Gasteiger partial charge in [0.15, 0.2) is 0 Å². The molecule has 0 aliphatic carbocycles. The molecule has 1 amide bonds. The van der Waals surface area contributed by atoms with Crippen LogP contribution in [0.5, 0.6) is 0 Å². The minimum absolute atomic E-state index is 0. The number of carbonyl (C=O) groups is 1. The predicted molar refractivity (Wildman–Crippen MR) is 101 cm³/mol. The van der Waals surface area contributed by atoms with Gasteiger partial charge in [0.2, 0.25) is 5.91 Å². The quantitative estimate of drug-likeness (QED) is 0.678. The van der Waals surface area contributed by atoms with Crippen LogP contribution in [-0.2, 0) is 14.8 Å². The maximum Gasteiger partial charge on any atom is 0.263 e. The van der Waals surface area contributed by atoms with Crippen LogP contribution in [-0.4, -0.2) is 38.3 Å². The maximum absolute atomic E-state index is 12.4. The normalized spacial score (nSPS) is 18.0. The fourth-order valence-electron chi connectivity index (χ4n) is 2.61. The first-order valence-corrected chi connectivity index (χ1v) is 9.49. The van der Waals surface area contributed by atoms with Crippen molar-refractivity contribution in [1.29, 1.82) is 0 Å². The number of sulfonamides is 1. The first-order valence-electron chi connectivity index (χ1n) is 8.00. The highest BCUT2D eigenvalue weighted by Gasteiger charge is 2.32. The van der Waals surface area contributed by atoms with E-state index in [1.54, 1.807) is 25.1 Å².